The van der Waals surface area contributed by atoms with Crippen molar-refractivity contribution in [1.29, 1.82) is 0 Å². The van der Waals surface area contributed by atoms with Gasteiger partial charge in [0, 0.05) is 17.4 Å². The van der Waals surface area contributed by atoms with Gasteiger partial charge in [0.15, 0.2) is 11.6 Å². The Balaban J connectivity index is 1.88. The van der Waals surface area contributed by atoms with Gasteiger partial charge in [-0.3, -0.25) is 5.32 Å². The summed E-state index contributed by atoms with van der Waals surface area (Å²) in [6.45, 7) is 1.50. The summed E-state index contributed by atoms with van der Waals surface area (Å²) < 4.78 is 44.0. The van der Waals surface area contributed by atoms with Crippen LogP contribution in [0.15, 0.2) is 30.3 Å². The third-order valence-electron chi connectivity index (χ3n) is 4.82. The number of amides is 1. The van der Waals surface area contributed by atoms with E-state index in [1.54, 1.807) is 0 Å². The first kappa shape index (κ1) is 20.9. The van der Waals surface area contributed by atoms with Crippen molar-refractivity contribution in [3.63, 3.8) is 0 Å². The molecule has 4 aromatic rings. The maximum absolute atomic E-state index is 14.6. The normalized spacial score (nSPS) is 11.1. The van der Waals surface area contributed by atoms with E-state index in [4.69, 9.17) is 16.6 Å². The fourth-order valence-electron chi connectivity index (χ4n) is 3.29. The average Bonchev–Trinajstić information content (AvgIpc) is 3.08. The van der Waals surface area contributed by atoms with Crippen molar-refractivity contribution in [3.05, 3.63) is 64.6 Å². The molecule has 9 nitrogen and oxygen atoms in total. The summed E-state index contributed by atoms with van der Waals surface area (Å²) in [4.78, 5) is 18.9. The second-order valence-electron chi connectivity index (χ2n) is 6.95. The van der Waals surface area contributed by atoms with Gasteiger partial charge in [-0.1, -0.05) is 6.07 Å². The standard InChI is InChI=1S/C20H16F3N7O2/c1-8-2-4-12(22)10(15(8)23)7-13-11-6-9(21)3-5-14(11)30(29-13)19-27-17(24)16(18(25)28-19)26-20(31)32/h2-6,26H,7H2,1H3,(H,31,32)(H4,24,25,27,28). The molecule has 2 heterocycles. The molecule has 2 aromatic heterocycles. The minimum atomic E-state index is -1.41. The maximum atomic E-state index is 14.6. The van der Waals surface area contributed by atoms with Gasteiger partial charge in [0.1, 0.15) is 23.1 Å². The lowest BCUT2D eigenvalue weighted by atomic mass is 10.0. The van der Waals surface area contributed by atoms with Gasteiger partial charge in [-0.15, -0.1) is 0 Å². The molecule has 4 rings (SSSR count). The van der Waals surface area contributed by atoms with Crippen molar-refractivity contribution in [1.82, 2.24) is 19.7 Å². The van der Waals surface area contributed by atoms with E-state index in [1.807, 2.05) is 5.32 Å². The van der Waals surface area contributed by atoms with Crippen LogP contribution in [0.4, 0.5) is 35.3 Å². The predicted octanol–water partition coefficient (Wildman–Crippen LogP) is 3.39. The smallest absolute Gasteiger partial charge is 0.409 e. The Morgan fingerprint density at radius 1 is 1.12 bits per heavy atom. The van der Waals surface area contributed by atoms with Gasteiger partial charge in [0.25, 0.3) is 5.95 Å². The Labute approximate surface area is 178 Å². The van der Waals surface area contributed by atoms with Crippen molar-refractivity contribution in [2.45, 2.75) is 13.3 Å². The van der Waals surface area contributed by atoms with Crippen LogP contribution in [0.1, 0.15) is 16.8 Å². The van der Waals surface area contributed by atoms with E-state index in [1.165, 1.54) is 35.9 Å². The first-order valence-corrected chi connectivity index (χ1v) is 9.19. The van der Waals surface area contributed by atoms with Crippen LogP contribution in [0.2, 0.25) is 0 Å². The zero-order valence-electron chi connectivity index (χ0n) is 16.5. The number of hydrogen-bond donors (Lipinski definition) is 4. The summed E-state index contributed by atoms with van der Waals surface area (Å²) in [5.74, 6) is -2.73. The molecule has 12 heteroatoms. The van der Waals surface area contributed by atoms with Crippen molar-refractivity contribution in [3.8, 4) is 5.95 Å². The molecule has 2 aromatic carbocycles. The fraction of sp³-hybridized carbons (Fsp3) is 0.100. The fourth-order valence-corrected chi connectivity index (χ4v) is 3.29. The number of rotatable bonds is 4. The van der Waals surface area contributed by atoms with Gasteiger partial charge >= 0.3 is 6.09 Å². The van der Waals surface area contributed by atoms with E-state index in [9.17, 15) is 18.0 Å². The molecule has 164 valence electrons. The number of aryl methyl sites for hydroxylation is 1. The number of fused-ring (bicyclic) bond motifs is 1. The van der Waals surface area contributed by atoms with Gasteiger partial charge < -0.3 is 16.6 Å². The molecular formula is C20H16F3N7O2. The zero-order chi connectivity index (χ0) is 23.2. The number of anilines is 3. The molecule has 0 unspecified atom stereocenters. The van der Waals surface area contributed by atoms with Crippen LogP contribution in [0.25, 0.3) is 16.9 Å². The second kappa shape index (κ2) is 7.72. The van der Waals surface area contributed by atoms with Gasteiger partial charge in [-0.25, -0.2) is 18.0 Å². The van der Waals surface area contributed by atoms with Gasteiger partial charge in [0.05, 0.1) is 11.2 Å². The second-order valence-corrected chi connectivity index (χ2v) is 6.95. The van der Waals surface area contributed by atoms with Crippen molar-refractivity contribution >= 4 is 34.3 Å². The summed E-state index contributed by atoms with van der Waals surface area (Å²) in [6, 6.07) is 6.20. The lowest BCUT2D eigenvalue weighted by molar-refractivity contribution is 0.209. The largest absolute Gasteiger partial charge is 0.465 e. The highest BCUT2D eigenvalue weighted by molar-refractivity contribution is 5.91. The van der Waals surface area contributed by atoms with Crippen molar-refractivity contribution in [2.75, 3.05) is 16.8 Å². The molecular weight excluding hydrogens is 427 g/mol. The molecule has 1 amide bonds. The maximum Gasteiger partial charge on any atom is 0.409 e. The number of carbonyl (C=O) groups is 1. The average molecular weight is 443 g/mol. The minimum absolute atomic E-state index is 0.135. The van der Waals surface area contributed by atoms with Gasteiger partial charge in [-0.05, 0) is 36.8 Å². The summed E-state index contributed by atoms with van der Waals surface area (Å²) in [5.41, 5.74) is 11.9. The lowest BCUT2D eigenvalue weighted by Gasteiger charge is -2.10. The third-order valence-corrected chi connectivity index (χ3v) is 4.82. The number of aromatic nitrogens is 4. The monoisotopic (exact) mass is 443 g/mol. The number of nitrogens with two attached hydrogens (primary N) is 2. The minimum Gasteiger partial charge on any atom is -0.465 e. The van der Waals surface area contributed by atoms with Crippen molar-refractivity contribution < 1.29 is 23.1 Å². The molecule has 0 aliphatic heterocycles. The molecule has 0 atom stereocenters. The highest BCUT2D eigenvalue weighted by atomic mass is 19.1. The Kier molecular flexibility index (Phi) is 5.04. The first-order valence-electron chi connectivity index (χ1n) is 9.19. The molecule has 6 N–H and O–H groups in total. The molecule has 32 heavy (non-hydrogen) atoms. The van der Waals surface area contributed by atoms with Crippen LogP contribution in [0.5, 0.6) is 0 Å². The van der Waals surface area contributed by atoms with Crippen molar-refractivity contribution in [2.24, 2.45) is 0 Å². The number of hydrogen-bond acceptors (Lipinski definition) is 6. The Bertz CT molecular complexity index is 1360. The van der Waals surface area contributed by atoms with E-state index < -0.39 is 23.5 Å². The number of carboxylic acid groups (broad SMARTS) is 1. The van der Waals surface area contributed by atoms with E-state index in [2.05, 4.69) is 15.1 Å². The van der Waals surface area contributed by atoms with E-state index >= 15 is 0 Å². The third kappa shape index (κ3) is 3.62. The highest BCUT2D eigenvalue weighted by Gasteiger charge is 2.21. The number of nitrogens with zero attached hydrogens (tertiary/aromatic N) is 4. The molecule has 0 bridgehead atoms. The Morgan fingerprint density at radius 3 is 2.47 bits per heavy atom. The van der Waals surface area contributed by atoms with E-state index in [-0.39, 0.29) is 51.9 Å². The summed E-state index contributed by atoms with van der Waals surface area (Å²) in [7, 11) is 0. The summed E-state index contributed by atoms with van der Waals surface area (Å²) in [5, 5.41) is 15.5. The first-order chi connectivity index (χ1) is 15.2. The molecule has 0 aliphatic rings. The number of benzene rings is 2. The zero-order valence-corrected chi connectivity index (χ0v) is 16.5. The molecule has 0 spiro atoms. The van der Waals surface area contributed by atoms with Gasteiger partial charge in [-0.2, -0.15) is 19.7 Å². The van der Waals surface area contributed by atoms with E-state index in [0.29, 0.717) is 5.52 Å². The van der Waals surface area contributed by atoms with Crippen LogP contribution in [0.3, 0.4) is 0 Å². The van der Waals surface area contributed by atoms with Crippen LogP contribution < -0.4 is 16.8 Å². The molecule has 0 fully saturated rings. The molecule has 0 radical (unpaired) electrons. The van der Waals surface area contributed by atoms with E-state index in [0.717, 1.165) is 6.07 Å². The molecule has 0 saturated carbocycles. The Hall–Kier alpha value is -4.35. The SMILES string of the molecule is Cc1ccc(F)c(Cc2nn(-c3nc(N)c(NC(=O)O)c(N)n3)c3ccc(F)cc23)c1F. The lowest BCUT2D eigenvalue weighted by Crippen LogP contribution is -2.16. The molecule has 0 aliphatic carbocycles. The number of nitrogens with one attached hydrogen (secondary N) is 1. The summed E-state index contributed by atoms with van der Waals surface area (Å²) in [6.07, 6.45) is -1.68. The quantitative estimate of drug-likeness (QED) is 0.378. The topological polar surface area (TPSA) is 145 Å². The van der Waals surface area contributed by atoms with Crippen LogP contribution in [-0.2, 0) is 6.42 Å². The summed E-state index contributed by atoms with van der Waals surface area (Å²) >= 11 is 0. The molecule has 0 saturated heterocycles. The van der Waals surface area contributed by atoms with Crippen LogP contribution in [-0.4, -0.2) is 30.9 Å². The van der Waals surface area contributed by atoms with Crippen LogP contribution >= 0.6 is 0 Å². The van der Waals surface area contributed by atoms with Gasteiger partial charge in [0.2, 0.25) is 0 Å². The highest BCUT2D eigenvalue weighted by Crippen LogP contribution is 2.29. The number of halogens is 3. The predicted molar refractivity (Wildman–Crippen MR) is 111 cm³/mol. The Morgan fingerprint density at radius 2 is 1.81 bits per heavy atom. The number of nitrogen functional groups attached to an aromatic ring is 2. The van der Waals surface area contributed by atoms with Crippen LogP contribution in [0, 0.1) is 24.4 Å².